The van der Waals surface area contributed by atoms with Crippen molar-refractivity contribution >= 4 is 44.7 Å². The molecule has 1 aromatic rings. The Morgan fingerprint density at radius 2 is 2.35 bits per heavy atom. The summed E-state index contributed by atoms with van der Waals surface area (Å²) < 4.78 is 13.5. The molecule has 0 heterocycles. The molecule has 1 rings (SSSR count). The maximum absolute atomic E-state index is 13.6. The fourth-order valence-electron chi connectivity index (χ4n) is 1.17. The van der Waals surface area contributed by atoms with Crippen molar-refractivity contribution in [2.45, 2.75) is 6.92 Å². The molecule has 0 bridgehead atoms. The van der Waals surface area contributed by atoms with Crippen molar-refractivity contribution in [3.63, 3.8) is 0 Å². The molecule has 0 saturated heterocycles. The van der Waals surface area contributed by atoms with Crippen LogP contribution in [0.1, 0.15) is 5.56 Å². The average molecular weight is 325 g/mol. The lowest BCUT2D eigenvalue weighted by molar-refractivity contribution is -0.387. The lowest BCUT2D eigenvalue weighted by Gasteiger charge is -2.06. The van der Waals surface area contributed by atoms with Crippen LogP contribution >= 0.6 is 27.5 Å². The van der Waals surface area contributed by atoms with Crippen molar-refractivity contribution in [2.75, 3.05) is 5.88 Å². The number of aliphatic imine (C=N–C) groups is 1. The van der Waals surface area contributed by atoms with Gasteiger partial charge < -0.3 is 5.73 Å². The first-order valence-electron chi connectivity index (χ1n) is 4.40. The Morgan fingerprint density at radius 3 is 2.82 bits per heavy atom. The SMILES string of the molecule is Cc1cc([N+](=O)[O-])c(F)c(Br)c1N=C(N)CCl. The highest BCUT2D eigenvalue weighted by molar-refractivity contribution is 9.10. The number of hydrogen-bond acceptors (Lipinski definition) is 3. The molecule has 2 N–H and O–H groups in total. The molecule has 0 unspecified atom stereocenters. The van der Waals surface area contributed by atoms with Crippen LogP contribution in [0.25, 0.3) is 0 Å². The number of rotatable bonds is 3. The lowest BCUT2D eigenvalue weighted by atomic mass is 10.1. The van der Waals surface area contributed by atoms with Gasteiger partial charge in [-0.15, -0.1) is 11.6 Å². The number of benzene rings is 1. The number of amidine groups is 1. The topological polar surface area (TPSA) is 81.5 Å². The van der Waals surface area contributed by atoms with E-state index < -0.39 is 16.4 Å². The van der Waals surface area contributed by atoms with Crippen molar-refractivity contribution in [1.29, 1.82) is 0 Å². The van der Waals surface area contributed by atoms with Crippen molar-refractivity contribution < 1.29 is 9.31 Å². The number of nitrogens with two attached hydrogens (primary N) is 1. The van der Waals surface area contributed by atoms with Gasteiger partial charge in [-0.2, -0.15) is 4.39 Å². The first-order valence-corrected chi connectivity index (χ1v) is 5.73. The van der Waals surface area contributed by atoms with Crippen LogP contribution < -0.4 is 5.73 Å². The van der Waals surface area contributed by atoms with Gasteiger partial charge in [0.15, 0.2) is 0 Å². The predicted molar refractivity (Wildman–Crippen MR) is 67.5 cm³/mol. The van der Waals surface area contributed by atoms with E-state index in [9.17, 15) is 14.5 Å². The largest absolute Gasteiger partial charge is 0.386 e. The first-order chi connectivity index (χ1) is 7.88. The van der Waals surface area contributed by atoms with Gasteiger partial charge in [-0.3, -0.25) is 10.1 Å². The van der Waals surface area contributed by atoms with Gasteiger partial charge in [0.05, 0.1) is 21.0 Å². The van der Waals surface area contributed by atoms with Crippen molar-refractivity contribution in [1.82, 2.24) is 0 Å². The van der Waals surface area contributed by atoms with Crippen molar-refractivity contribution in [3.8, 4) is 0 Å². The van der Waals surface area contributed by atoms with E-state index in [0.29, 0.717) is 5.56 Å². The van der Waals surface area contributed by atoms with Crippen LogP contribution in [0.5, 0.6) is 0 Å². The first kappa shape index (κ1) is 13.9. The zero-order valence-corrected chi connectivity index (χ0v) is 11.0. The molecular weight excluding hydrogens is 316 g/mol. The van der Waals surface area contributed by atoms with Crippen LogP contribution in [0.15, 0.2) is 15.5 Å². The Balaban J connectivity index is 3.46. The smallest absolute Gasteiger partial charge is 0.306 e. The molecule has 92 valence electrons. The normalized spacial score (nSPS) is 11.6. The monoisotopic (exact) mass is 323 g/mol. The lowest BCUT2D eigenvalue weighted by Crippen LogP contribution is -2.12. The van der Waals surface area contributed by atoms with Crippen molar-refractivity contribution in [2.24, 2.45) is 10.7 Å². The third-order valence-electron chi connectivity index (χ3n) is 1.94. The summed E-state index contributed by atoms with van der Waals surface area (Å²) in [5, 5.41) is 10.6. The molecule has 0 fully saturated rings. The van der Waals surface area contributed by atoms with E-state index in [2.05, 4.69) is 20.9 Å². The summed E-state index contributed by atoms with van der Waals surface area (Å²) in [5.41, 5.74) is 5.45. The van der Waals surface area contributed by atoms with Gasteiger partial charge in [0.1, 0.15) is 5.84 Å². The third-order valence-corrected chi connectivity index (χ3v) is 2.94. The Bertz CT molecular complexity index is 508. The number of aryl methyl sites for hydroxylation is 1. The molecule has 0 aromatic heterocycles. The minimum Gasteiger partial charge on any atom is -0.386 e. The molecule has 0 radical (unpaired) electrons. The molecule has 5 nitrogen and oxygen atoms in total. The molecule has 0 aliphatic heterocycles. The Labute approximate surface area is 110 Å². The van der Waals surface area contributed by atoms with Crippen LogP contribution in [0.3, 0.4) is 0 Å². The van der Waals surface area contributed by atoms with Crippen LogP contribution in [0, 0.1) is 22.9 Å². The molecule has 8 heteroatoms. The second kappa shape index (κ2) is 5.42. The Morgan fingerprint density at radius 1 is 1.76 bits per heavy atom. The predicted octanol–water partition coefficient (Wildman–Crippen LogP) is 3.03. The van der Waals surface area contributed by atoms with Gasteiger partial charge in [-0.25, -0.2) is 4.99 Å². The summed E-state index contributed by atoms with van der Waals surface area (Å²) >= 11 is 8.38. The number of hydrogen-bond donors (Lipinski definition) is 1. The van der Waals surface area contributed by atoms with Gasteiger partial charge in [0.2, 0.25) is 5.82 Å². The molecular formula is C9H8BrClFN3O2. The van der Waals surface area contributed by atoms with Gasteiger partial charge in [-0.1, -0.05) is 0 Å². The number of halogens is 3. The highest BCUT2D eigenvalue weighted by Crippen LogP contribution is 2.36. The standard InChI is InChI=1S/C9H8BrClFN3O2/c1-4-2-5(15(16)17)8(12)7(10)9(4)14-6(13)3-11/h2H,3H2,1H3,(H2,13,14). The van der Waals surface area contributed by atoms with E-state index in [1.807, 2.05) is 0 Å². The number of nitrogens with zero attached hydrogens (tertiary/aromatic N) is 2. The maximum atomic E-state index is 13.6. The average Bonchev–Trinajstić information content (AvgIpc) is 2.28. The molecule has 0 spiro atoms. The van der Waals surface area contributed by atoms with E-state index >= 15 is 0 Å². The van der Waals surface area contributed by atoms with E-state index in [1.165, 1.54) is 0 Å². The number of alkyl halides is 1. The fourth-order valence-corrected chi connectivity index (χ4v) is 1.83. The molecule has 0 saturated carbocycles. The zero-order chi connectivity index (χ0) is 13.2. The summed E-state index contributed by atoms with van der Waals surface area (Å²) in [7, 11) is 0. The Kier molecular flexibility index (Phi) is 4.41. The summed E-state index contributed by atoms with van der Waals surface area (Å²) in [6.07, 6.45) is 0. The van der Waals surface area contributed by atoms with E-state index in [-0.39, 0.29) is 21.9 Å². The molecule has 0 atom stereocenters. The summed E-state index contributed by atoms with van der Waals surface area (Å²) in [5.74, 6) is -0.893. The highest BCUT2D eigenvalue weighted by Gasteiger charge is 2.22. The Hall–Kier alpha value is -1.21. The van der Waals surface area contributed by atoms with Gasteiger partial charge in [0, 0.05) is 6.07 Å². The van der Waals surface area contributed by atoms with Gasteiger partial charge in [0.25, 0.3) is 0 Å². The number of nitro benzene ring substituents is 1. The second-order valence-corrected chi connectivity index (χ2v) is 4.24. The zero-order valence-electron chi connectivity index (χ0n) is 8.71. The van der Waals surface area contributed by atoms with E-state index in [1.54, 1.807) is 6.92 Å². The molecule has 0 amide bonds. The van der Waals surface area contributed by atoms with Crippen LogP contribution in [0.2, 0.25) is 0 Å². The fraction of sp³-hybridized carbons (Fsp3) is 0.222. The van der Waals surface area contributed by atoms with E-state index in [4.69, 9.17) is 17.3 Å². The number of nitro groups is 1. The summed E-state index contributed by atoms with van der Waals surface area (Å²) in [6.45, 7) is 1.57. The summed E-state index contributed by atoms with van der Waals surface area (Å²) in [4.78, 5) is 13.7. The quantitative estimate of drug-likeness (QED) is 0.305. The van der Waals surface area contributed by atoms with Crippen LogP contribution in [-0.4, -0.2) is 16.6 Å². The van der Waals surface area contributed by atoms with Crippen molar-refractivity contribution in [3.05, 3.63) is 32.0 Å². The molecule has 1 aromatic carbocycles. The molecule has 0 aliphatic carbocycles. The molecule has 0 aliphatic rings. The maximum Gasteiger partial charge on any atom is 0.306 e. The molecule has 17 heavy (non-hydrogen) atoms. The minimum absolute atomic E-state index is 0.00944. The second-order valence-electron chi connectivity index (χ2n) is 3.18. The highest BCUT2D eigenvalue weighted by atomic mass is 79.9. The van der Waals surface area contributed by atoms with E-state index in [0.717, 1.165) is 6.07 Å². The van der Waals surface area contributed by atoms with Gasteiger partial charge in [-0.05, 0) is 28.4 Å². The van der Waals surface area contributed by atoms with Crippen LogP contribution in [0.4, 0.5) is 15.8 Å². The van der Waals surface area contributed by atoms with Crippen LogP contribution in [-0.2, 0) is 0 Å². The minimum atomic E-state index is -0.985. The third kappa shape index (κ3) is 2.92. The van der Waals surface area contributed by atoms with Gasteiger partial charge >= 0.3 is 5.69 Å². The summed E-state index contributed by atoms with van der Waals surface area (Å²) in [6, 6.07) is 1.10.